The van der Waals surface area contributed by atoms with Gasteiger partial charge < -0.3 is 15.2 Å². The van der Waals surface area contributed by atoms with Crippen molar-refractivity contribution in [3.8, 4) is 0 Å². The summed E-state index contributed by atoms with van der Waals surface area (Å²) in [6.45, 7) is 3.41. The number of aromatic amines is 1. The molecule has 0 unspecified atom stereocenters. The van der Waals surface area contributed by atoms with Gasteiger partial charge in [0, 0.05) is 62.3 Å². The van der Waals surface area contributed by atoms with Crippen molar-refractivity contribution in [2.24, 2.45) is 5.41 Å². The van der Waals surface area contributed by atoms with Crippen molar-refractivity contribution in [1.82, 2.24) is 29.6 Å². The first-order valence-corrected chi connectivity index (χ1v) is 11.3. The summed E-state index contributed by atoms with van der Waals surface area (Å²) in [6.07, 6.45) is -0.500. The summed E-state index contributed by atoms with van der Waals surface area (Å²) < 4.78 is 39.3. The van der Waals surface area contributed by atoms with Gasteiger partial charge in [-0.15, -0.1) is 0 Å². The molecule has 8 nitrogen and oxygen atoms in total. The van der Waals surface area contributed by atoms with Gasteiger partial charge in [-0.2, -0.15) is 18.3 Å². The minimum absolute atomic E-state index is 0.190. The van der Waals surface area contributed by atoms with Crippen LogP contribution in [-0.2, 0) is 13.1 Å². The number of likely N-dealkylation sites (tertiary alicyclic amines) is 1. The third-order valence-electron chi connectivity index (χ3n) is 6.90. The number of benzene rings is 1. The van der Waals surface area contributed by atoms with Gasteiger partial charge in [-0.3, -0.25) is 9.58 Å². The molecular formula is C23H25F3N8. The second kappa shape index (κ2) is 7.59. The van der Waals surface area contributed by atoms with Crippen LogP contribution in [0.25, 0.3) is 21.9 Å². The molecule has 5 heterocycles. The highest BCUT2D eigenvalue weighted by molar-refractivity contribution is 5.86. The molecule has 0 aliphatic carbocycles. The molecule has 0 atom stereocenters. The van der Waals surface area contributed by atoms with E-state index >= 15 is 0 Å². The first kappa shape index (κ1) is 21.2. The topological polar surface area (TPSA) is 77.9 Å². The van der Waals surface area contributed by atoms with Gasteiger partial charge in [-0.1, -0.05) is 12.1 Å². The van der Waals surface area contributed by atoms with E-state index in [1.165, 1.54) is 23.5 Å². The zero-order valence-corrected chi connectivity index (χ0v) is 18.7. The fraction of sp³-hybridized carbons (Fsp3) is 0.435. The summed E-state index contributed by atoms with van der Waals surface area (Å²) in [5, 5.41) is 8.89. The largest absolute Gasteiger partial charge is 0.408 e. The number of alkyl halides is 3. The van der Waals surface area contributed by atoms with Crippen molar-refractivity contribution in [2.45, 2.75) is 25.7 Å². The quantitative estimate of drug-likeness (QED) is 0.464. The van der Waals surface area contributed by atoms with Gasteiger partial charge in [0.2, 0.25) is 0 Å². The van der Waals surface area contributed by atoms with Crippen LogP contribution in [-0.4, -0.2) is 69.0 Å². The molecule has 1 spiro atoms. The van der Waals surface area contributed by atoms with Gasteiger partial charge >= 0.3 is 6.18 Å². The molecule has 2 aliphatic rings. The zero-order chi connectivity index (χ0) is 23.5. The third kappa shape index (κ3) is 3.83. The summed E-state index contributed by atoms with van der Waals surface area (Å²) in [4.78, 5) is 16.5. The lowest BCUT2D eigenvalue weighted by molar-refractivity contribution is -0.142. The molecule has 2 saturated heterocycles. The molecule has 2 fully saturated rings. The van der Waals surface area contributed by atoms with Gasteiger partial charge in [-0.25, -0.2) is 9.97 Å². The Morgan fingerprint density at radius 3 is 2.79 bits per heavy atom. The van der Waals surface area contributed by atoms with Gasteiger partial charge in [0.1, 0.15) is 24.5 Å². The molecule has 0 bridgehead atoms. The Bertz CT molecular complexity index is 1350. The highest BCUT2D eigenvalue weighted by Crippen LogP contribution is 2.42. The second-order valence-electron chi connectivity index (χ2n) is 9.55. The first-order valence-electron chi connectivity index (χ1n) is 11.3. The lowest BCUT2D eigenvalue weighted by Crippen LogP contribution is -2.56. The molecule has 4 aromatic rings. The van der Waals surface area contributed by atoms with Crippen molar-refractivity contribution in [2.75, 3.05) is 43.4 Å². The van der Waals surface area contributed by atoms with Crippen LogP contribution in [0.15, 0.2) is 36.8 Å². The van der Waals surface area contributed by atoms with Crippen LogP contribution in [0.3, 0.4) is 0 Å². The number of rotatable bonds is 5. The number of H-pyrrole nitrogens is 1. The van der Waals surface area contributed by atoms with Gasteiger partial charge in [0.15, 0.2) is 5.65 Å². The van der Waals surface area contributed by atoms with E-state index in [1.54, 1.807) is 0 Å². The molecule has 178 valence electrons. The third-order valence-corrected chi connectivity index (χ3v) is 6.90. The van der Waals surface area contributed by atoms with Crippen LogP contribution >= 0.6 is 0 Å². The lowest BCUT2D eigenvalue weighted by Gasteiger charge is -2.48. The molecule has 1 aromatic carbocycles. The zero-order valence-electron chi connectivity index (χ0n) is 18.7. The summed E-state index contributed by atoms with van der Waals surface area (Å²) in [5.41, 5.74) is 2.89. The number of nitrogens with one attached hydrogen (secondary N) is 2. The van der Waals surface area contributed by atoms with Gasteiger partial charge in [0.05, 0.1) is 5.39 Å². The van der Waals surface area contributed by atoms with Crippen LogP contribution in [0, 0.1) is 5.41 Å². The van der Waals surface area contributed by atoms with E-state index in [9.17, 15) is 13.2 Å². The number of nitrogens with zero attached hydrogens (tertiary/aromatic N) is 6. The molecule has 34 heavy (non-hydrogen) atoms. The number of fused-ring (bicyclic) bond motifs is 2. The number of halogens is 3. The molecule has 0 saturated carbocycles. The normalized spacial score (nSPS) is 18.3. The maximum atomic E-state index is 12.8. The van der Waals surface area contributed by atoms with E-state index in [0.717, 1.165) is 55.2 Å². The fourth-order valence-electron chi connectivity index (χ4n) is 5.44. The maximum absolute atomic E-state index is 12.8. The van der Waals surface area contributed by atoms with E-state index in [-0.39, 0.29) is 5.41 Å². The first-order chi connectivity index (χ1) is 16.3. The van der Waals surface area contributed by atoms with Gasteiger partial charge in [0.25, 0.3) is 0 Å². The Hall–Kier alpha value is -3.34. The van der Waals surface area contributed by atoms with Crippen LogP contribution in [0.1, 0.15) is 12.0 Å². The standard InChI is InChI=1S/C23H25F3N8/c1-27-19-7-16-3-2-15(6-18(16)30-19)8-32-10-22(11-32)4-5-33(12-22)21-17-9-34(13-23(24,25)26)31-20(17)28-14-29-21/h2-3,6-7,9,14,27,30H,4-5,8,10-13H2,1H3. The average Bonchev–Trinajstić information content (AvgIpc) is 3.47. The summed E-state index contributed by atoms with van der Waals surface area (Å²) >= 11 is 0. The Kier molecular flexibility index (Phi) is 4.73. The minimum Gasteiger partial charge on any atom is -0.375 e. The Morgan fingerprint density at radius 1 is 1.15 bits per heavy atom. The highest BCUT2D eigenvalue weighted by atomic mass is 19.4. The average molecular weight is 471 g/mol. The molecule has 0 amide bonds. The van der Waals surface area contributed by atoms with Crippen molar-refractivity contribution in [3.05, 3.63) is 42.4 Å². The number of hydrogen-bond acceptors (Lipinski definition) is 6. The molecule has 3 aromatic heterocycles. The predicted molar refractivity (Wildman–Crippen MR) is 124 cm³/mol. The molecule has 2 N–H and O–H groups in total. The van der Waals surface area contributed by atoms with E-state index in [4.69, 9.17) is 0 Å². The van der Waals surface area contributed by atoms with Crippen molar-refractivity contribution < 1.29 is 13.2 Å². The number of anilines is 2. The minimum atomic E-state index is -4.33. The van der Waals surface area contributed by atoms with E-state index < -0.39 is 12.7 Å². The molecule has 0 radical (unpaired) electrons. The number of aromatic nitrogens is 5. The summed E-state index contributed by atoms with van der Waals surface area (Å²) in [6, 6.07) is 8.63. The maximum Gasteiger partial charge on any atom is 0.408 e. The van der Waals surface area contributed by atoms with E-state index in [1.807, 2.05) is 7.05 Å². The summed E-state index contributed by atoms with van der Waals surface area (Å²) in [7, 11) is 1.90. The van der Waals surface area contributed by atoms with Crippen LogP contribution in [0.2, 0.25) is 0 Å². The SMILES string of the molecule is CNc1cc2ccc(CN3CC4(CCN(c5ncnc6nn(CC(F)(F)F)cc56)C4)C3)cc2[nH]1. The number of hydrogen-bond donors (Lipinski definition) is 2. The fourth-order valence-corrected chi connectivity index (χ4v) is 5.44. The molecule has 2 aliphatic heterocycles. The Morgan fingerprint density at radius 2 is 2.00 bits per heavy atom. The van der Waals surface area contributed by atoms with Crippen molar-refractivity contribution in [1.29, 1.82) is 0 Å². The molecular weight excluding hydrogens is 445 g/mol. The Labute approximate surface area is 193 Å². The second-order valence-corrected chi connectivity index (χ2v) is 9.55. The van der Waals surface area contributed by atoms with Gasteiger partial charge in [-0.05, 0) is 24.1 Å². The smallest absolute Gasteiger partial charge is 0.375 e. The molecule has 11 heteroatoms. The molecule has 6 rings (SSSR count). The van der Waals surface area contributed by atoms with Crippen molar-refractivity contribution in [3.63, 3.8) is 0 Å². The Balaban J connectivity index is 1.13. The summed E-state index contributed by atoms with van der Waals surface area (Å²) in [5.74, 6) is 1.68. The van der Waals surface area contributed by atoms with E-state index in [2.05, 4.69) is 59.4 Å². The van der Waals surface area contributed by atoms with E-state index in [0.29, 0.717) is 16.9 Å². The predicted octanol–water partition coefficient (Wildman–Crippen LogP) is 3.62. The van der Waals surface area contributed by atoms with Crippen molar-refractivity contribution >= 4 is 33.6 Å². The van der Waals surface area contributed by atoms with Crippen LogP contribution in [0.5, 0.6) is 0 Å². The van der Waals surface area contributed by atoms with Crippen LogP contribution < -0.4 is 10.2 Å². The van der Waals surface area contributed by atoms with Crippen LogP contribution in [0.4, 0.5) is 24.8 Å². The monoisotopic (exact) mass is 470 g/mol. The lowest BCUT2D eigenvalue weighted by atomic mass is 9.79. The highest BCUT2D eigenvalue weighted by Gasteiger charge is 2.48.